The lowest BCUT2D eigenvalue weighted by molar-refractivity contribution is 0.344. The second kappa shape index (κ2) is 7.96. The van der Waals surface area contributed by atoms with Crippen LogP contribution in [0.2, 0.25) is 0 Å². The van der Waals surface area contributed by atoms with Crippen LogP contribution in [0.5, 0.6) is 0 Å². The van der Waals surface area contributed by atoms with Crippen molar-refractivity contribution in [2.24, 2.45) is 5.73 Å². The van der Waals surface area contributed by atoms with Crippen molar-refractivity contribution in [3.8, 4) is 0 Å². The van der Waals surface area contributed by atoms with E-state index in [1.807, 2.05) is 22.9 Å². The number of aromatic nitrogens is 5. The number of imidazole rings is 1. The summed E-state index contributed by atoms with van der Waals surface area (Å²) in [5.74, 6) is 3.60. The third-order valence-corrected chi connectivity index (χ3v) is 5.03. The number of nitrogens with two attached hydrogens (primary N) is 1. The minimum Gasteiger partial charge on any atom is -0.364 e. The molecule has 0 spiro atoms. The van der Waals surface area contributed by atoms with Gasteiger partial charge in [-0.15, -0.1) is 24.8 Å². The molecule has 7 nitrogen and oxygen atoms in total. The molecule has 3 heterocycles. The summed E-state index contributed by atoms with van der Waals surface area (Å²) in [7, 11) is 0. The maximum atomic E-state index is 5.95. The van der Waals surface area contributed by atoms with Crippen LogP contribution in [0.25, 0.3) is 5.78 Å². The maximum Gasteiger partial charge on any atom is 0.233 e. The van der Waals surface area contributed by atoms with E-state index in [1.54, 1.807) is 6.20 Å². The minimum absolute atomic E-state index is 0. The van der Waals surface area contributed by atoms with E-state index in [9.17, 15) is 0 Å². The molecule has 144 valence electrons. The zero-order chi connectivity index (χ0) is 16.8. The van der Waals surface area contributed by atoms with Crippen LogP contribution in [0, 0.1) is 0 Å². The van der Waals surface area contributed by atoms with Gasteiger partial charge in [-0.05, 0) is 31.7 Å². The van der Waals surface area contributed by atoms with Gasteiger partial charge in [0, 0.05) is 48.2 Å². The molecule has 0 aliphatic heterocycles. The summed E-state index contributed by atoms with van der Waals surface area (Å²) in [5.41, 5.74) is 8.03. The molecule has 3 aromatic rings. The third-order valence-electron chi connectivity index (χ3n) is 5.03. The molecule has 2 aliphatic rings. The van der Waals surface area contributed by atoms with Gasteiger partial charge in [-0.2, -0.15) is 0 Å². The second-order valence-corrected chi connectivity index (χ2v) is 7.15. The first-order valence-electron chi connectivity index (χ1n) is 8.91. The molecule has 3 aromatic heterocycles. The van der Waals surface area contributed by atoms with Gasteiger partial charge in [-0.3, -0.25) is 4.40 Å². The standard InChI is InChI=1S/C18H21N7.2ClH/c19-13-6-12(7-13)15-8-16(24-17(23-15)11-2-3-11)21-9-14-10-25-5-1-4-20-18(25)22-14;;/h1,4-5,8,10-13H,2-3,6-7,9,19H2,(H,21,23,24);2*1H. The number of hydrogen-bond acceptors (Lipinski definition) is 6. The van der Waals surface area contributed by atoms with E-state index >= 15 is 0 Å². The number of halogens is 2. The molecule has 5 rings (SSSR count). The first-order valence-corrected chi connectivity index (χ1v) is 8.91. The average molecular weight is 408 g/mol. The van der Waals surface area contributed by atoms with Gasteiger partial charge in [0.1, 0.15) is 11.6 Å². The Hall–Kier alpha value is -1.96. The van der Waals surface area contributed by atoms with E-state index < -0.39 is 0 Å². The molecule has 2 aliphatic carbocycles. The van der Waals surface area contributed by atoms with Gasteiger partial charge in [0.25, 0.3) is 0 Å². The van der Waals surface area contributed by atoms with Gasteiger partial charge in [0.2, 0.25) is 5.78 Å². The lowest BCUT2D eigenvalue weighted by Crippen LogP contribution is -2.35. The van der Waals surface area contributed by atoms with Crippen molar-refractivity contribution >= 4 is 36.4 Å². The normalized spacial score (nSPS) is 21.1. The number of nitrogens with one attached hydrogen (secondary N) is 1. The van der Waals surface area contributed by atoms with Crippen LogP contribution < -0.4 is 11.1 Å². The van der Waals surface area contributed by atoms with Crippen LogP contribution in [-0.2, 0) is 6.54 Å². The van der Waals surface area contributed by atoms with Gasteiger partial charge in [-0.25, -0.2) is 19.9 Å². The molecule has 0 aromatic carbocycles. The first kappa shape index (κ1) is 19.8. The highest BCUT2D eigenvalue weighted by molar-refractivity contribution is 5.85. The summed E-state index contributed by atoms with van der Waals surface area (Å²) in [5, 5.41) is 3.41. The van der Waals surface area contributed by atoms with E-state index in [-0.39, 0.29) is 24.8 Å². The van der Waals surface area contributed by atoms with Crippen molar-refractivity contribution in [3.05, 3.63) is 47.9 Å². The average Bonchev–Trinajstić information content (AvgIpc) is 3.36. The topological polar surface area (TPSA) is 94.0 Å². The Labute approximate surface area is 170 Å². The molecule has 2 saturated carbocycles. The molecule has 27 heavy (non-hydrogen) atoms. The fraction of sp³-hybridized carbons (Fsp3) is 0.444. The first-order chi connectivity index (χ1) is 12.2. The summed E-state index contributed by atoms with van der Waals surface area (Å²) in [6.45, 7) is 0.619. The number of nitrogens with zero attached hydrogens (tertiary/aromatic N) is 5. The largest absolute Gasteiger partial charge is 0.364 e. The highest BCUT2D eigenvalue weighted by Crippen LogP contribution is 2.41. The fourth-order valence-electron chi connectivity index (χ4n) is 3.36. The zero-order valence-electron chi connectivity index (χ0n) is 14.8. The quantitative estimate of drug-likeness (QED) is 0.674. The van der Waals surface area contributed by atoms with E-state index in [2.05, 4.69) is 21.4 Å². The van der Waals surface area contributed by atoms with Crippen molar-refractivity contribution in [2.75, 3.05) is 5.32 Å². The third kappa shape index (κ3) is 4.15. The van der Waals surface area contributed by atoms with Gasteiger partial charge in [0.15, 0.2) is 0 Å². The minimum atomic E-state index is 0. The fourth-order valence-corrected chi connectivity index (χ4v) is 3.36. The highest BCUT2D eigenvalue weighted by atomic mass is 35.5. The number of fused-ring (bicyclic) bond motifs is 1. The lowest BCUT2D eigenvalue weighted by atomic mass is 9.78. The summed E-state index contributed by atoms with van der Waals surface area (Å²) in [4.78, 5) is 18.3. The van der Waals surface area contributed by atoms with E-state index in [0.29, 0.717) is 30.2 Å². The van der Waals surface area contributed by atoms with Crippen molar-refractivity contribution in [2.45, 2.75) is 50.1 Å². The SMILES string of the molecule is Cl.Cl.NC1CC(c2cc(NCc3cn4cccnc4n3)nc(C3CC3)n2)C1. The Morgan fingerprint density at radius 3 is 2.63 bits per heavy atom. The van der Waals surface area contributed by atoms with Gasteiger partial charge >= 0.3 is 0 Å². The number of hydrogen-bond donors (Lipinski definition) is 2. The Bertz CT molecular complexity index is 886. The predicted molar refractivity (Wildman–Crippen MR) is 109 cm³/mol. The van der Waals surface area contributed by atoms with Crippen LogP contribution in [-0.4, -0.2) is 30.4 Å². The van der Waals surface area contributed by atoms with E-state index in [4.69, 9.17) is 15.7 Å². The molecular weight excluding hydrogens is 385 g/mol. The highest BCUT2D eigenvalue weighted by Gasteiger charge is 2.32. The second-order valence-electron chi connectivity index (χ2n) is 7.15. The number of anilines is 1. The van der Waals surface area contributed by atoms with Crippen molar-refractivity contribution in [1.29, 1.82) is 0 Å². The van der Waals surface area contributed by atoms with Gasteiger partial charge in [-0.1, -0.05) is 0 Å². The lowest BCUT2D eigenvalue weighted by Gasteiger charge is -2.32. The molecule has 0 amide bonds. The van der Waals surface area contributed by atoms with Crippen LogP contribution in [0.3, 0.4) is 0 Å². The molecule has 0 saturated heterocycles. The molecule has 0 radical (unpaired) electrons. The molecule has 2 fully saturated rings. The van der Waals surface area contributed by atoms with E-state index in [0.717, 1.165) is 35.9 Å². The molecule has 0 bridgehead atoms. The summed E-state index contributed by atoms with van der Waals surface area (Å²) in [6, 6.07) is 4.30. The smallest absolute Gasteiger partial charge is 0.233 e. The molecular formula is C18H23Cl2N7. The Morgan fingerprint density at radius 2 is 1.93 bits per heavy atom. The maximum absolute atomic E-state index is 5.95. The van der Waals surface area contributed by atoms with Crippen molar-refractivity contribution in [1.82, 2.24) is 24.3 Å². The van der Waals surface area contributed by atoms with Crippen LogP contribution >= 0.6 is 24.8 Å². The molecule has 0 unspecified atom stereocenters. The molecule has 0 atom stereocenters. The van der Waals surface area contributed by atoms with Crippen LogP contribution in [0.4, 0.5) is 5.82 Å². The Balaban J connectivity index is 0.00000105. The van der Waals surface area contributed by atoms with Crippen LogP contribution in [0.15, 0.2) is 30.7 Å². The van der Waals surface area contributed by atoms with Crippen LogP contribution in [0.1, 0.15) is 54.7 Å². The Kier molecular flexibility index (Phi) is 5.83. The van der Waals surface area contributed by atoms with Gasteiger partial charge < -0.3 is 11.1 Å². The molecule has 9 heteroatoms. The predicted octanol–water partition coefficient (Wildman–Crippen LogP) is 3.06. The van der Waals surface area contributed by atoms with E-state index in [1.165, 1.54) is 12.8 Å². The monoisotopic (exact) mass is 407 g/mol. The van der Waals surface area contributed by atoms with Crippen molar-refractivity contribution < 1.29 is 0 Å². The summed E-state index contributed by atoms with van der Waals surface area (Å²) in [6.07, 6.45) is 10.1. The summed E-state index contributed by atoms with van der Waals surface area (Å²) >= 11 is 0. The zero-order valence-corrected chi connectivity index (χ0v) is 16.4. The molecule has 3 N–H and O–H groups in total. The van der Waals surface area contributed by atoms with Crippen molar-refractivity contribution in [3.63, 3.8) is 0 Å². The Morgan fingerprint density at radius 1 is 1.11 bits per heavy atom. The van der Waals surface area contributed by atoms with Gasteiger partial charge in [0.05, 0.1) is 12.2 Å². The summed E-state index contributed by atoms with van der Waals surface area (Å²) < 4.78 is 1.92. The number of rotatable bonds is 5.